The molecule has 1 N–H and O–H groups in total. The van der Waals surface area contributed by atoms with Gasteiger partial charge in [-0.3, -0.25) is 0 Å². The minimum Gasteiger partial charge on any atom is -0.495 e. The molecule has 0 aliphatic rings. The summed E-state index contributed by atoms with van der Waals surface area (Å²) in [5.74, 6) is 2.50. The van der Waals surface area contributed by atoms with Crippen LogP contribution in [-0.4, -0.2) is 31.8 Å². The van der Waals surface area contributed by atoms with E-state index in [0.29, 0.717) is 0 Å². The van der Waals surface area contributed by atoms with E-state index in [-0.39, 0.29) is 5.92 Å². The highest BCUT2D eigenvalue weighted by atomic mass is 16.5. The molecule has 0 spiro atoms. The largest absolute Gasteiger partial charge is 0.495 e. The second-order valence-electron chi connectivity index (χ2n) is 6.91. The van der Waals surface area contributed by atoms with Crippen molar-refractivity contribution in [2.24, 2.45) is 0 Å². The Hall–Kier alpha value is -3.67. The number of rotatable bonds is 6. The summed E-state index contributed by atoms with van der Waals surface area (Å²) < 4.78 is 7.52. The number of imidazole rings is 1. The van der Waals surface area contributed by atoms with Gasteiger partial charge in [0.15, 0.2) is 5.82 Å². The van der Waals surface area contributed by atoms with Crippen molar-refractivity contribution in [3.63, 3.8) is 0 Å². The molecule has 146 valence electrons. The maximum absolute atomic E-state index is 5.57. The Labute approximate surface area is 169 Å². The highest BCUT2D eigenvalue weighted by Gasteiger charge is 2.12. The van der Waals surface area contributed by atoms with Gasteiger partial charge in [0.1, 0.15) is 11.6 Å². The van der Waals surface area contributed by atoms with Crippen molar-refractivity contribution in [1.29, 1.82) is 0 Å². The fourth-order valence-corrected chi connectivity index (χ4v) is 3.20. The molecule has 0 saturated heterocycles. The van der Waals surface area contributed by atoms with E-state index in [1.165, 1.54) is 5.56 Å². The van der Waals surface area contributed by atoms with Gasteiger partial charge in [-0.25, -0.2) is 4.98 Å². The second kappa shape index (κ2) is 8.14. The molecular formula is C23H23N5O. The van der Waals surface area contributed by atoms with E-state index >= 15 is 0 Å². The summed E-state index contributed by atoms with van der Waals surface area (Å²) >= 11 is 0. The molecule has 2 aromatic heterocycles. The van der Waals surface area contributed by atoms with Crippen molar-refractivity contribution in [1.82, 2.24) is 24.7 Å². The Bertz CT molecular complexity index is 1130. The number of H-pyrrole nitrogens is 1. The number of aromatic amines is 1. The van der Waals surface area contributed by atoms with Gasteiger partial charge in [-0.1, -0.05) is 49.4 Å². The van der Waals surface area contributed by atoms with Crippen LogP contribution in [0.2, 0.25) is 0 Å². The number of benzene rings is 2. The van der Waals surface area contributed by atoms with Crippen LogP contribution in [0.1, 0.15) is 41.3 Å². The molecule has 0 amide bonds. The van der Waals surface area contributed by atoms with Gasteiger partial charge in [-0.15, -0.1) is 10.2 Å². The van der Waals surface area contributed by atoms with Gasteiger partial charge < -0.3 is 14.3 Å². The molecule has 2 aromatic carbocycles. The van der Waals surface area contributed by atoms with Crippen molar-refractivity contribution in [3.8, 4) is 11.4 Å². The fourth-order valence-electron chi connectivity index (χ4n) is 3.20. The summed E-state index contributed by atoms with van der Waals surface area (Å²) in [6.45, 7) is 4.08. The monoisotopic (exact) mass is 385 g/mol. The Morgan fingerprint density at radius 2 is 1.90 bits per heavy atom. The molecule has 4 rings (SSSR count). The van der Waals surface area contributed by atoms with Gasteiger partial charge in [0, 0.05) is 12.1 Å². The molecule has 0 aliphatic carbocycles. The normalized spacial score (nSPS) is 12.4. The minimum atomic E-state index is 0.156. The average Bonchev–Trinajstić information content (AvgIpc) is 3.41. The molecular weight excluding hydrogens is 362 g/mol. The summed E-state index contributed by atoms with van der Waals surface area (Å²) in [7, 11) is 1.67. The van der Waals surface area contributed by atoms with Gasteiger partial charge in [0.2, 0.25) is 0 Å². The molecule has 0 unspecified atom stereocenters. The number of methoxy groups -OCH3 is 1. The lowest BCUT2D eigenvalue weighted by Crippen LogP contribution is -1.98. The van der Waals surface area contributed by atoms with Crippen molar-refractivity contribution in [3.05, 3.63) is 89.5 Å². The standard InChI is InChI=1S/C23H23N5O/c1-16-14-28(15-24-16)20-11-9-18(13-21(20)29-3)10-12-22-25-23(27-26-22)17(2)19-7-5-4-6-8-19/h4-15,17H,1-3H3,(H,25,26,27)/t17-/m1/s1. The van der Waals surface area contributed by atoms with E-state index in [0.717, 1.165) is 34.3 Å². The smallest absolute Gasteiger partial charge is 0.154 e. The van der Waals surface area contributed by atoms with E-state index < -0.39 is 0 Å². The number of nitrogens with one attached hydrogen (secondary N) is 1. The average molecular weight is 385 g/mol. The topological polar surface area (TPSA) is 68.6 Å². The molecule has 0 saturated carbocycles. The zero-order chi connectivity index (χ0) is 20.2. The quantitative estimate of drug-likeness (QED) is 0.525. The second-order valence-corrected chi connectivity index (χ2v) is 6.91. The summed E-state index contributed by atoms with van der Waals surface area (Å²) in [5.41, 5.74) is 4.12. The molecule has 1 atom stereocenters. The highest BCUT2D eigenvalue weighted by molar-refractivity contribution is 5.69. The first-order chi connectivity index (χ1) is 14.1. The zero-order valence-corrected chi connectivity index (χ0v) is 16.7. The van der Waals surface area contributed by atoms with Crippen molar-refractivity contribution in [2.45, 2.75) is 19.8 Å². The van der Waals surface area contributed by atoms with Crippen LogP contribution in [0, 0.1) is 6.92 Å². The third kappa shape index (κ3) is 4.11. The van der Waals surface area contributed by atoms with Crippen LogP contribution >= 0.6 is 0 Å². The van der Waals surface area contributed by atoms with Crippen LogP contribution in [0.5, 0.6) is 5.75 Å². The van der Waals surface area contributed by atoms with Gasteiger partial charge >= 0.3 is 0 Å². The van der Waals surface area contributed by atoms with Gasteiger partial charge in [0.25, 0.3) is 0 Å². The van der Waals surface area contributed by atoms with Crippen molar-refractivity contribution < 1.29 is 4.74 Å². The third-order valence-corrected chi connectivity index (χ3v) is 4.86. The number of hydrogen-bond donors (Lipinski definition) is 1. The number of nitrogens with zero attached hydrogens (tertiary/aromatic N) is 4. The highest BCUT2D eigenvalue weighted by Crippen LogP contribution is 2.25. The number of ether oxygens (including phenoxy) is 1. The maximum Gasteiger partial charge on any atom is 0.154 e. The van der Waals surface area contributed by atoms with E-state index in [2.05, 4.69) is 39.2 Å². The summed E-state index contributed by atoms with van der Waals surface area (Å²) in [6.07, 6.45) is 7.66. The van der Waals surface area contributed by atoms with Crippen LogP contribution in [0.25, 0.3) is 17.8 Å². The first kappa shape index (κ1) is 18.7. The Balaban J connectivity index is 1.53. The first-order valence-electron chi connectivity index (χ1n) is 9.48. The van der Waals surface area contributed by atoms with E-state index in [1.54, 1.807) is 13.4 Å². The maximum atomic E-state index is 5.57. The van der Waals surface area contributed by atoms with Crippen molar-refractivity contribution >= 4 is 12.2 Å². The summed E-state index contributed by atoms with van der Waals surface area (Å²) in [5, 5.41) is 8.56. The Kier molecular flexibility index (Phi) is 5.24. The van der Waals surface area contributed by atoms with E-state index in [1.807, 2.05) is 66.2 Å². The minimum absolute atomic E-state index is 0.156. The van der Waals surface area contributed by atoms with Crippen LogP contribution < -0.4 is 4.74 Å². The molecule has 29 heavy (non-hydrogen) atoms. The van der Waals surface area contributed by atoms with Crippen LogP contribution in [0.3, 0.4) is 0 Å². The SMILES string of the molecule is COc1cc(C=Cc2nnc([C@H](C)c3ccccc3)[nH]2)ccc1-n1cnc(C)c1. The van der Waals surface area contributed by atoms with E-state index in [9.17, 15) is 0 Å². The molecule has 0 fully saturated rings. The lowest BCUT2D eigenvalue weighted by Gasteiger charge is -2.09. The van der Waals surface area contributed by atoms with E-state index in [4.69, 9.17) is 4.74 Å². The van der Waals surface area contributed by atoms with Gasteiger partial charge in [0.05, 0.1) is 24.8 Å². The van der Waals surface area contributed by atoms with Crippen molar-refractivity contribution in [2.75, 3.05) is 7.11 Å². The summed E-state index contributed by atoms with van der Waals surface area (Å²) in [4.78, 5) is 7.58. The number of hydrogen-bond acceptors (Lipinski definition) is 4. The Morgan fingerprint density at radius 3 is 2.62 bits per heavy atom. The van der Waals surface area contributed by atoms with Crippen LogP contribution in [-0.2, 0) is 0 Å². The van der Waals surface area contributed by atoms with Crippen LogP contribution in [0.4, 0.5) is 0 Å². The first-order valence-corrected chi connectivity index (χ1v) is 9.48. The van der Waals surface area contributed by atoms with Gasteiger partial charge in [-0.2, -0.15) is 0 Å². The number of aromatic nitrogens is 5. The molecule has 0 radical (unpaired) electrons. The molecule has 6 nitrogen and oxygen atoms in total. The lowest BCUT2D eigenvalue weighted by atomic mass is 10.0. The zero-order valence-electron chi connectivity index (χ0n) is 16.7. The number of aryl methyl sites for hydroxylation is 1. The van der Waals surface area contributed by atoms with Gasteiger partial charge in [-0.05, 0) is 36.3 Å². The van der Waals surface area contributed by atoms with Crippen LogP contribution in [0.15, 0.2) is 61.1 Å². The fraction of sp³-hybridized carbons (Fsp3) is 0.174. The molecule has 0 aliphatic heterocycles. The molecule has 0 bridgehead atoms. The summed E-state index contributed by atoms with van der Waals surface area (Å²) in [6, 6.07) is 16.3. The predicted octanol–water partition coefficient (Wildman–Crippen LogP) is 4.63. The molecule has 4 aromatic rings. The molecule has 6 heteroatoms. The predicted molar refractivity (Wildman–Crippen MR) is 114 cm³/mol. The Morgan fingerprint density at radius 1 is 1.07 bits per heavy atom. The molecule has 2 heterocycles. The lowest BCUT2D eigenvalue weighted by molar-refractivity contribution is 0.413. The third-order valence-electron chi connectivity index (χ3n) is 4.86.